The van der Waals surface area contributed by atoms with E-state index in [1.807, 2.05) is 61.6 Å². The number of nitrogens with two attached hydrogens (primary N) is 1. The molecule has 2 heterocycles. The van der Waals surface area contributed by atoms with Gasteiger partial charge in [0, 0.05) is 19.0 Å². The molecule has 1 aliphatic rings. The zero-order valence-corrected chi connectivity index (χ0v) is 42.9. The number of carbonyl (C=O) groups excluding carboxylic acids is 2. The minimum Gasteiger partial charge on any atom is -0.462 e. The van der Waals surface area contributed by atoms with Gasteiger partial charge in [-0.1, -0.05) is 124 Å². The van der Waals surface area contributed by atoms with Gasteiger partial charge in [0.25, 0.3) is 0 Å². The second-order valence-electron chi connectivity index (χ2n) is 16.4. The van der Waals surface area contributed by atoms with Crippen LogP contribution in [0, 0.1) is 0 Å². The summed E-state index contributed by atoms with van der Waals surface area (Å²) < 4.78 is 56.6. The maximum absolute atomic E-state index is 12.8. The van der Waals surface area contributed by atoms with Gasteiger partial charge in [-0.2, -0.15) is 9.29 Å². The van der Waals surface area contributed by atoms with Crippen LogP contribution in [0.2, 0.25) is 0 Å². The number of allylic oxidation sites excluding steroid dienone is 15. The van der Waals surface area contributed by atoms with Crippen molar-refractivity contribution in [3.05, 3.63) is 120 Å². The first-order valence-electron chi connectivity index (χ1n) is 24.4. The molecule has 1 aliphatic heterocycles. The first-order chi connectivity index (χ1) is 34.1. The average Bonchev–Trinajstić information content (AvgIpc) is 3.61. The van der Waals surface area contributed by atoms with Crippen LogP contribution in [0.5, 0.6) is 0 Å². The smallest absolute Gasteiger partial charge is 0.462 e. The van der Waals surface area contributed by atoms with Gasteiger partial charge in [-0.25, -0.2) is 13.9 Å². The van der Waals surface area contributed by atoms with Gasteiger partial charge < -0.3 is 45.1 Å². The number of phosphoric acid groups is 2. The SMILES string of the molecule is CCCCC/C=C\C/C=C\C/C=C\CCCCC(=O)O[C@H](COC(=O)CCC/C=C\C/C=C\C/C=C\C/C=C\C=C\[C@@H](O)CC)COP(=O)(O)OP(=O)(O)OC[C@H]1O[C@@H](n2ccc(N)nc2=O)[C@H](O)[C@@H]1O. The monoisotopic (exact) mass is 1040 g/mol. The Morgan fingerprint density at radius 1 is 0.746 bits per heavy atom. The maximum atomic E-state index is 12.8. The van der Waals surface area contributed by atoms with E-state index in [2.05, 4.69) is 52.7 Å². The third-order valence-electron chi connectivity index (χ3n) is 10.3. The zero-order chi connectivity index (χ0) is 52.2. The van der Waals surface area contributed by atoms with Crippen LogP contribution in [-0.2, 0) is 46.3 Å². The van der Waals surface area contributed by atoms with Crippen LogP contribution in [0.15, 0.2) is 114 Å². The van der Waals surface area contributed by atoms with Crippen LogP contribution in [0.25, 0.3) is 0 Å². The quantitative estimate of drug-likeness (QED) is 0.0119. The lowest BCUT2D eigenvalue weighted by molar-refractivity contribution is -0.161. The lowest BCUT2D eigenvalue weighted by Gasteiger charge is -2.21. The number of unbranched alkanes of at least 4 members (excludes halogenated alkanes) is 6. The van der Waals surface area contributed by atoms with E-state index in [1.54, 1.807) is 6.08 Å². The van der Waals surface area contributed by atoms with E-state index in [1.165, 1.54) is 25.3 Å². The van der Waals surface area contributed by atoms with Crippen LogP contribution in [0.4, 0.5) is 5.82 Å². The molecule has 0 aliphatic carbocycles. The Labute approximate surface area is 418 Å². The molecule has 8 atom stereocenters. The number of ether oxygens (including phenoxy) is 3. The van der Waals surface area contributed by atoms with E-state index >= 15 is 0 Å². The third kappa shape index (κ3) is 30.3. The summed E-state index contributed by atoms with van der Waals surface area (Å²) in [6.45, 7) is 1.67. The van der Waals surface area contributed by atoms with E-state index in [0.29, 0.717) is 38.5 Å². The number of hydrogen-bond acceptors (Lipinski definition) is 16. The standard InChI is InChI=1S/C50H77N3O16P2/c1-3-5-6-7-8-9-10-11-12-17-20-23-26-29-32-35-46(56)67-42(38-64-45(55)34-31-28-25-22-19-16-14-13-15-18-21-24-27-30-33-41(54)4-2)39-65-70(60,61)69-71(62,63)66-40-43-47(57)48(58)49(68-43)53-37-36-44(51)52-50(53)59/h8-9,11-12,14-16,18,20,22-25,27,30,33,36-37,41-43,47-49,54,57-58H,3-7,10,13,17,19,21,26,28-29,31-32,34-35,38-40H2,1-2H3,(H,60,61)(H,62,63)(H2,51,52,59)/b9-8-,12-11-,16-14-,18-15-,23-20-,25-22-,27-24-,33-30+/t41-,42+,43+,47+,48+,49+/m0/s1. The summed E-state index contributed by atoms with van der Waals surface area (Å²) in [5, 5.41) is 30.4. The van der Waals surface area contributed by atoms with Crippen molar-refractivity contribution < 1.29 is 71.4 Å². The van der Waals surface area contributed by atoms with Crippen molar-refractivity contribution >= 4 is 33.4 Å². The summed E-state index contributed by atoms with van der Waals surface area (Å²) in [7, 11) is -10.9. The Morgan fingerprint density at radius 2 is 1.30 bits per heavy atom. The predicted octanol–water partition coefficient (Wildman–Crippen LogP) is 8.63. The molecule has 7 N–H and O–H groups in total. The molecule has 398 valence electrons. The normalized spacial score (nSPS) is 20.4. The lowest BCUT2D eigenvalue weighted by Crippen LogP contribution is -2.36. The number of aromatic nitrogens is 2. The molecule has 0 spiro atoms. The van der Waals surface area contributed by atoms with E-state index < -0.39 is 89.8 Å². The number of esters is 2. The Hall–Kier alpha value is -4.36. The number of nitrogen functional groups attached to an aromatic ring is 1. The van der Waals surface area contributed by atoms with E-state index in [-0.39, 0.29) is 18.7 Å². The third-order valence-corrected chi connectivity index (χ3v) is 12.9. The van der Waals surface area contributed by atoms with Gasteiger partial charge in [0.05, 0.1) is 19.3 Å². The molecular formula is C50H77N3O16P2. The number of rotatable bonds is 38. The highest BCUT2D eigenvalue weighted by Gasteiger charge is 2.46. The van der Waals surface area contributed by atoms with E-state index in [4.69, 9.17) is 29.0 Å². The van der Waals surface area contributed by atoms with Crippen molar-refractivity contribution in [2.75, 3.05) is 25.6 Å². The molecule has 71 heavy (non-hydrogen) atoms. The van der Waals surface area contributed by atoms with Crippen molar-refractivity contribution in [3.63, 3.8) is 0 Å². The van der Waals surface area contributed by atoms with E-state index in [9.17, 15) is 48.6 Å². The lowest BCUT2D eigenvalue weighted by atomic mass is 10.1. The van der Waals surface area contributed by atoms with Crippen LogP contribution in [0.3, 0.4) is 0 Å². The van der Waals surface area contributed by atoms with Crippen molar-refractivity contribution in [1.82, 2.24) is 9.55 Å². The van der Waals surface area contributed by atoms with Crippen LogP contribution in [-0.4, -0.2) is 96.9 Å². The largest absolute Gasteiger partial charge is 0.481 e. The van der Waals surface area contributed by atoms with Crippen molar-refractivity contribution in [1.29, 1.82) is 0 Å². The summed E-state index contributed by atoms with van der Waals surface area (Å²) in [5.41, 5.74) is 4.57. The molecule has 2 rings (SSSR count). The average molecular weight is 1040 g/mol. The number of hydrogen-bond donors (Lipinski definition) is 6. The van der Waals surface area contributed by atoms with Gasteiger partial charge in [-0.3, -0.25) is 23.2 Å². The first kappa shape index (κ1) is 62.8. The van der Waals surface area contributed by atoms with Crippen LogP contribution in [0.1, 0.15) is 129 Å². The Morgan fingerprint density at radius 3 is 1.89 bits per heavy atom. The molecule has 1 saturated heterocycles. The van der Waals surface area contributed by atoms with Crippen LogP contribution < -0.4 is 11.4 Å². The van der Waals surface area contributed by atoms with Crippen molar-refractivity contribution in [3.8, 4) is 0 Å². The number of anilines is 1. The maximum Gasteiger partial charge on any atom is 0.481 e. The zero-order valence-electron chi connectivity index (χ0n) is 41.1. The predicted molar refractivity (Wildman–Crippen MR) is 271 cm³/mol. The number of nitrogens with zero attached hydrogens (tertiary/aromatic N) is 2. The Bertz CT molecular complexity index is 2080. The second-order valence-corrected chi connectivity index (χ2v) is 19.5. The van der Waals surface area contributed by atoms with Gasteiger partial charge in [-0.05, 0) is 89.5 Å². The fraction of sp³-hybridized carbons (Fsp3) is 0.560. The topological polar surface area (TPSA) is 286 Å². The first-order valence-corrected chi connectivity index (χ1v) is 27.3. The highest BCUT2D eigenvalue weighted by atomic mass is 31.3. The molecule has 0 aromatic carbocycles. The Balaban J connectivity index is 1.86. The fourth-order valence-electron chi connectivity index (χ4n) is 6.36. The summed E-state index contributed by atoms with van der Waals surface area (Å²) >= 11 is 0. The van der Waals surface area contributed by atoms with E-state index in [0.717, 1.165) is 49.3 Å². The fourth-order valence-corrected chi connectivity index (χ4v) is 8.47. The molecule has 1 fully saturated rings. The highest BCUT2D eigenvalue weighted by Crippen LogP contribution is 2.60. The second kappa shape index (κ2) is 37.4. The Kier molecular flexibility index (Phi) is 33.1. The summed E-state index contributed by atoms with van der Waals surface area (Å²) in [5.74, 6) is -1.45. The molecule has 1 aromatic rings. The van der Waals surface area contributed by atoms with Gasteiger partial charge in [0.1, 0.15) is 30.7 Å². The van der Waals surface area contributed by atoms with Gasteiger partial charge in [0.2, 0.25) is 0 Å². The molecule has 0 bridgehead atoms. The van der Waals surface area contributed by atoms with Gasteiger partial charge in [-0.15, -0.1) is 0 Å². The number of aliphatic hydroxyl groups excluding tert-OH is 3. The summed E-state index contributed by atoms with van der Waals surface area (Å²) in [4.78, 5) is 61.8. The molecule has 19 nitrogen and oxygen atoms in total. The van der Waals surface area contributed by atoms with Gasteiger partial charge >= 0.3 is 33.3 Å². The number of aliphatic hydroxyl groups is 3. The molecule has 0 radical (unpaired) electrons. The minimum absolute atomic E-state index is 0.0207. The van der Waals surface area contributed by atoms with Crippen LogP contribution >= 0.6 is 15.6 Å². The summed E-state index contributed by atoms with van der Waals surface area (Å²) in [6.07, 6.45) is 37.4. The minimum atomic E-state index is -5.45. The van der Waals surface area contributed by atoms with Crippen molar-refractivity contribution in [2.24, 2.45) is 0 Å². The molecule has 21 heteroatoms. The van der Waals surface area contributed by atoms with Crippen molar-refractivity contribution in [2.45, 2.75) is 160 Å². The number of phosphoric ester groups is 2. The molecule has 2 unspecified atom stereocenters. The molecule has 0 amide bonds. The molecular weight excluding hydrogens is 961 g/mol. The van der Waals surface area contributed by atoms with Gasteiger partial charge in [0.15, 0.2) is 12.3 Å². The highest BCUT2D eigenvalue weighted by molar-refractivity contribution is 7.61. The molecule has 1 aromatic heterocycles. The number of carbonyl (C=O) groups is 2. The summed E-state index contributed by atoms with van der Waals surface area (Å²) in [6, 6.07) is 1.24. The molecule has 0 saturated carbocycles.